The van der Waals surface area contributed by atoms with E-state index in [0.717, 1.165) is 17.3 Å². The average Bonchev–Trinajstić information content (AvgIpc) is 2.89. The van der Waals surface area contributed by atoms with Crippen molar-refractivity contribution in [1.29, 1.82) is 0 Å². The van der Waals surface area contributed by atoms with Crippen LogP contribution in [0.25, 0.3) is 26.8 Å². The highest BCUT2D eigenvalue weighted by Crippen LogP contribution is 2.42. The van der Waals surface area contributed by atoms with E-state index in [0.29, 0.717) is 10.8 Å². The van der Waals surface area contributed by atoms with Gasteiger partial charge >= 0.3 is 6.36 Å². The van der Waals surface area contributed by atoms with Crippen LogP contribution in [0.1, 0.15) is 0 Å². The molecule has 0 fully saturated rings. The fraction of sp³-hybridized carbons (Fsp3) is 0.0588. The van der Waals surface area contributed by atoms with Crippen molar-refractivity contribution in [2.75, 3.05) is 0 Å². The molecule has 0 spiro atoms. The Morgan fingerprint density at radius 3 is 2.40 bits per heavy atom. The molecule has 0 saturated carbocycles. The first kappa shape index (κ1) is 15.8. The van der Waals surface area contributed by atoms with Crippen molar-refractivity contribution in [3.63, 3.8) is 0 Å². The molecule has 1 aliphatic rings. The molecule has 1 amide bonds. The summed E-state index contributed by atoms with van der Waals surface area (Å²) in [6.45, 7) is 0. The Labute approximate surface area is 143 Å². The number of carbonyl (C=O) groups is 1. The minimum Gasteiger partial charge on any atom is -0.404 e. The van der Waals surface area contributed by atoms with Gasteiger partial charge in [0.1, 0.15) is 5.75 Å². The van der Waals surface area contributed by atoms with Crippen molar-refractivity contribution in [3.05, 3.63) is 47.7 Å². The Kier molecular flexibility index (Phi) is 3.40. The van der Waals surface area contributed by atoms with Gasteiger partial charge < -0.3 is 10.5 Å². The van der Waals surface area contributed by atoms with Gasteiger partial charge in [-0.1, -0.05) is 36.4 Å². The average molecular weight is 362 g/mol. The van der Waals surface area contributed by atoms with Crippen LogP contribution in [0.5, 0.6) is 5.75 Å². The predicted octanol–water partition coefficient (Wildman–Crippen LogP) is 3.26. The molecule has 0 radical (unpaired) electrons. The molecule has 25 heavy (non-hydrogen) atoms. The lowest BCUT2D eigenvalue weighted by Gasteiger charge is -2.21. The van der Waals surface area contributed by atoms with Crippen molar-refractivity contribution in [2.24, 2.45) is 10.7 Å². The van der Waals surface area contributed by atoms with Crippen LogP contribution >= 0.6 is 11.8 Å². The number of amides is 1. The molecule has 2 N–H and O–H groups in total. The molecule has 4 nitrogen and oxygen atoms in total. The van der Waals surface area contributed by atoms with Crippen LogP contribution in [0, 0.1) is 0 Å². The van der Waals surface area contributed by atoms with E-state index >= 15 is 0 Å². The Bertz CT molecular complexity index is 1060. The number of rotatable bonds is 2. The minimum atomic E-state index is -4.82. The fourth-order valence-electron chi connectivity index (χ4n) is 2.90. The zero-order valence-corrected chi connectivity index (χ0v) is 13.2. The number of hydrogen-bond donors (Lipinski definition) is 1. The maximum Gasteiger partial charge on any atom is 0.573 e. The summed E-state index contributed by atoms with van der Waals surface area (Å²) < 4.78 is 42.5. The Morgan fingerprint density at radius 1 is 1.08 bits per heavy atom. The number of amidine groups is 1. The zero-order chi connectivity index (χ0) is 17.8. The summed E-state index contributed by atoms with van der Waals surface area (Å²) in [6.07, 6.45) is -4.82. The van der Waals surface area contributed by atoms with Crippen molar-refractivity contribution >= 4 is 38.5 Å². The molecule has 1 aliphatic heterocycles. The van der Waals surface area contributed by atoms with Gasteiger partial charge in [0.15, 0.2) is 5.17 Å². The highest BCUT2D eigenvalue weighted by atomic mass is 32.2. The summed E-state index contributed by atoms with van der Waals surface area (Å²) in [5, 5.41) is 0.955. The third-order valence-electron chi connectivity index (χ3n) is 3.82. The van der Waals surface area contributed by atoms with E-state index in [4.69, 9.17) is 5.73 Å². The standard InChI is InChI=1S/C17H9F3N2O2S/c18-17(19,20)24-13-10-7-6-9(8-4-2-1-3-5-8)11(13)12(10)14-15(23)22-16(21)25-14/h1-7H,(H2,21,22,23)/b14-12-. The van der Waals surface area contributed by atoms with E-state index in [2.05, 4.69) is 9.73 Å². The van der Waals surface area contributed by atoms with Gasteiger partial charge in [0.25, 0.3) is 5.91 Å². The van der Waals surface area contributed by atoms with Gasteiger partial charge in [-0.05, 0) is 29.0 Å². The van der Waals surface area contributed by atoms with Crippen molar-refractivity contribution in [3.8, 4) is 16.9 Å². The van der Waals surface area contributed by atoms with E-state index in [1.165, 1.54) is 6.07 Å². The van der Waals surface area contributed by atoms with Crippen LogP contribution in [0.3, 0.4) is 0 Å². The first-order valence-corrected chi connectivity index (χ1v) is 7.96. The number of nitrogens with zero attached hydrogens (tertiary/aromatic N) is 1. The summed E-state index contributed by atoms with van der Waals surface area (Å²) in [6, 6.07) is 12.1. The van der Waals surface area contributed by atoms with E-state index in [1.54, 1.807) is 36.4 Å². The first-order chi connectivity index (χ1) is 11.8. The van der Waals surface area contributed by atoms with Crippen molar-refractivity contribution in [1.82, 2.24) is 0 Å². The molecule has 0 atom stereocenters. The third kappa shape index (κ3) is 2.58. The Hall–Kier alpha value is -2.74. The van der Waals surface area contributed by atoms with Gasteiger partial charge in [-0.15, -0.1) is 13.2 Å². The molecular weight excluding hydrogens is 353 g/mol. The van der Waals surface area contributed by atoms with Crippen molar-refractivity contribution in [2.45, 2.75) is 6.36 Å². The maximum atomic E-state index is 12.8. The van der Waals surface area contributed by atoms with Crippen LogP contribution in [0.4, 0.5) is 13.2 Å². The van der Waals surface area contributed by atoms with Gasteiger partial charge in [-0.2, -0.15) is 4.99 Å². The highest BCUT2D eigenvalue weighted by Gasteiger charge is 2.36. The molecule has 126 valence electrons. The van der Waals surface area contributed by atoms with Crippen LogP contribution in [-0.4, -0.2) is 17.4 Å². The maximum absolute atomic E-state index is 12.8. The topological polar surface area (TPSA) is 64.7 Å². The molecule has 0 saturated heterocycles. The third-order valence-corrected chi connectivity index (χ3v) is 4.70. The summed E-state index contributed by atoms with van der Waals surface area (Å²) in [5.74, 6) is -0.837. The van der Waals surface area contributed by atoms with E-state index in [-0.39, 0.29) is 26.6 Å². The summed E-state index contributed by atoms with van der Waals surface area (Å²) >= 11 is 0.950. The SMILES string of the molecule is NC1=NC(=O)/C(=c2/c3c(-c4ccccc4)ccc2=C3OC(F)(F)F)S1. The van der Waals surface area contributed by atoms with Crippen LogP contribution in [0.2, 0.25) is 0 Å². The predicted molar refractivity (Wildman–Crippen MR) is 90.1 cm³/mol. The molecular formula is C17H9F3N2O2S. The number of thioether (sulfide) groups is 1. The number of aliphatic imine (C=N–C) groups is 1. The first-order valence-electron chi connectivity index (χ1n) is 7.14. The van der Waals surface area contributed by atoms with Crippen LogP contribution in [0.15, 0.2) is 47.5 Å². The largest absolute Gasteiger partial charge is 0.573 e. The van der Waals surface area contributed by atoms with Gasteiger partial charge in [-0.3, -0.25) is 4.79 Å². The lowest BCUT2D eigenvalue weighted by Crippen LogP contribution is -2.25. The number of fused-ring (bicyclic) bond motifs is 2. The van der Waals surface area contributed by atoms with E-state index in [1.807, 2.05) is 0 Å². The fourth-order valence-corrected chi connectivity index (χ4v) is 3.68. The monoisotopic (exact) mass is 362 g/mol. The molecule has 4 aromatic rings. The molecule has 8 heteroatoms. The number of ether oxygens (including phenoxy) is 1. The number of alkyl halides is 3. The van der Waals surface area contributed by atoms with Crippen LogP contribution in [-0.2, 0) is 4.79 Å². The Balaban J connectivity index is 2.00. The second-order valence-electron chi connectivity index (χ2n) is 5.34. The molecule has 0 aromatic heterocycles. The Morgan fingerprint density at radius 2 is 1.80 bits per heavy atom. The van der Waals surface area contributed by atoms with E-state index in [9.17, 15) is 18.0 Å². The molecule has 5 rings (SSSR count). The van der Waals surface area contributed by atoms with Gasteiger partial charge in [0.2, 0.25) is 0 Å². The summed E-state index contributed by atoms with van der Waals surface area (Å²) in [7, 11) is 0. The molecule has 0 unspecified atom stereocenters. The minimum absolute atomic E-state index is 0.0715. The molecule has 1 heterocycles. The van der Waals surface area contributed by atoms with Gasteiger partial charge in [0, 0.05) is 16.0 Å². The zero-order valence-electron chi connectivity index (χ0n) is 12.4. The second-order valence-corrected chi connectivity index (χ2v) is 6.37. The molecule has 0 aliphatic carbocycles. The normalized spacial score (nSPS) is 17.4. The number of carbonyl (C=O) groups excluding carboxylic acids is 1. The lowest BCUT2D eigenvalue weighted by atomic mass is 9.90. The second kappa shape index (κ2) is 5.38. The lowest BCUT2D eigenvalue weighted by molar-refractivity contribution is -0.273. The van der Waals surface area contributed by atoms with Gasteiger partial charge in [0.05, 0.1) is 4.91 Å². The summed E-state index contributed by atoms with van der Waals surface area (Å²) in [4.78, 5) is 15.9. The molecule has 2 bridgehead atoms. The van der Waals surface area contributed by atoms with E-state index < -0.39 is 12.3 Å². The number of hydrogen-bond acceptors (Lipinski definition) is 4. The quantitative estimate of drug-likeness (QED) is 0.760. The van der Waals surface area contributed by atoms with Crippen LogP contribution < -0.4 is 15.7 Å². The number of benzene rings is 3. The summed E-state index contributed by atoms with van der Waals surface area (Å²) in [5.41, 5.74) is 6.83. The smallest absolute Gasteiger partial charge is 0.404 e. The highest BCUT2D eigenvalue weighted by molar-refractivity contribution is 8.23. The van der Waals surface area contributed by atoms with Crippen molar-refractivity contribution < 1.29 is 22.7 Å². The number of nitrogens with two attached hydrogens (primary N) is 1. The number of halogens is 3. The molecule has 4 aromatic carbocycles. The van der Waals surface area contributed by atoms with Gasteiger partial charge in [-0.25, -0.2) is 0 Å².